The number of aryl methyl sites for hydroxylation is 2. The summed E-state index contributed by atoms with van der Waals surface area (Å²) in [4.78, 5) is 4.58. The van der Waals surface area contributed by atoms with E-state index in [4.69, 9.17) is 0 Å². The van der Waals surface area contributed by atoms with E-state index in [2.05, 4.69) is 62.3 Å². The van der Waals surface area contributed by atoms with E-state index >= 15 is 0 Å². The van der Waals surface area contributed by atoms with E-state index in [0.29, 0.717) is 0 Å². The fourth-order valence-electron chi connectivity index (χ4n) is 2.47. The van der Waals surface area contributed by atoms with Gasteiger partial charge in [-0.25, -0.2) is 0 Å². The molecule has 0 saturated carbocycles. The maximum absolute atomic E-state index is 4.58. The first-order valence-corrected chi connectivity index (χ1v) is 7.35. The van der Waals surface area contributed by atoms with Crippen LogP contribution in [0.25, 0.3) is 0 Å². The number of rotatable bonds is 5. The maximum atomic E-state index is 4.58. The topological polar surface area (TPSA) is 24.9 Å². The zero-order chi connectivity index (χ0) is 14.5. The summed E-state index contributed by atoms with van der Waals surface area (Å²) in [6, 6.07) is 10.9. The molecule has 20 heavy (non-hydrogen) atoms. The van der Waals surface area contributed by atoms with Crippen molar-refractivity contribution in [3.05, 3.63) is 64.5 Å². The average molecular weight is 268 g/mol. The zero-order valence-electron chi connectivity index (χ0n) is 12.9. The van der Waals surface area contributed by atoms with Gasteiger partial charge in [-0.3, -0.25) is 4.98 Å². The summed E-state index contributed by atoms with van der Waals surface area (Å²) in [5.74, 6) is 0. The molecule has 1 heterocycles. The Morgan fingerprint density at radius 3 is 2.65 bits per heavy atom. The van der Waals surface area contributed by atoms with Crippen LogP contribution >= 0.6 is 0 Å². The number of benzene rings is 1. The number of nitrogens with one attached hydrogen (secondary N) is 1. The highest BCUT2D eigenvalue weighted by Crippen LogP contribution is 2.25. The highest BCUT2D eigenvalue weighted by atomic mass is 14.9. The predicted molar refractivity (Wildman–Crippen MR) is 85.0 cm³/mol. The van der Waals surface area contributed by atoms with Crippen LogP contribution in [0.15, 0.2) is 36.5 Å². The first-order chi connectivity index (χ1) is 9.63. The molecular formula is C18H24N2. The number of pyridine rings is 1. The Morgan fingerprint density at radius 1 is 1.15 bits per heavy atom. The summed E-state index contributed by atoms with van der Waals surface area (Å²) in [5.41, 5.74) is 6.37. The van der Waals surface area contributed by atoms with Crippen LogP contribution in [0.2, 0.25) is 0 Å². The normalized spacial score (nSPS) is 12.4. The predicted octanol–water partition coefficient (Wildman–Crippen LogP) is 4.10. The highest BCUT2D eigenvalue weighted by Gasteiger charge is 2.17. The molecule has 0 spiro atoms. The summed E-state index contributed by atoms with van der Waals surface area (Å²) in [6.45, 7) is 9.66. The number of aromatic nitrogens is 1. The maximum Gasteiger partial charge on any atom is 0.0754 e. The molecule has 1 aromatic heterocycles. The van der Waals surface area contributed by atoms with Gasteiger partial charge in [-0.15, -0.1) is 0 Å². The third-order valence-corrected chi connectivity index (χ3v) is 3.79. The largest absolute Gasteiger partial charge is 0.305 e. The number of hydrogen-bond acceptors (Lipinski definition) is 2. The molecule has 0 bridgehead atoms. The Labute approximate surface area is 122 Å². The first kappa shape index (κ1) is 14.7. The van der Waals surface area contributed by atoms with Gasteiger partial charge in [-0.1, -0.05) is 25.1 Å². The van der Waals surface area contributed by atoms with Crippen LogP contribution in [0.5, 0.6) is 0 Å². The van der Waals surface area contributed by atoms with Gasteiger partial charge in [-0.2, -0.15) is 0 Å². The fraction of sp³-hybridized carbons (Fsp3) is 0.389. The summed E-state index contributed by atoms with van der Waals surface area (Å²) in [6.07, 6.45) is 3.02. The van der Waals surface area contributed by atoms with Gasteiger partial charge in [0.15, 0.2) is 0 Å². The Bertz CT molecular complexity index is 575. The molecule has 1 atom stereocenters. The van der Waals surface area contributed by atoms with Crippen LogP contribution in [0.3, 0.4) is 0 Å². The van der Waals surface area contributed by atoms with E-state index in [-0.39, 0.29) is 6.04 Å². The van der Waals surface area contributed by atoms with Gasteiger partial charge < -0.3 is 5.32 Å². The van der Waals surface area contributed by atoms with E-state index in [9.17, 15) is 0 Å². The van der Waals surface area contributed by atoms with Gasteiger partial charge in [-0.05, 0) is 68.1 Å². The van der Waals surface area contributed by atoms with Crippen molar-refractivity contribution in [3.8, 4) is 0 Å². The summed E-state index contributed by atoms with van der Waals surface area (Å²) >= 11 is 0. The average Bonchev–Trinajstić information content (AvgIpc) is 2.44. The van der Waals surface area contributed by atoms with Crippen molar-refractivity contribution in [3.63, 3.8) is 0 Å². The van der Waals surface area contributed by atoms with Crippen LogP contribution in [0.1, 0.15) is 47.3 Å². The molecule has 0 aliphatic carbocycles. The van der Waals surface area contributed by atoms with Crippen molar-refractivity contribution in [2.45, 2.75) is 40.2 Å². The second kappa shape index (κ2) is 6.67. The van der Waals surface area contributed by atoms with Crippen LogP contribution in [-0.2, 0) is 0 Å². The molecule has 2 nitrogen and oxygen atoms in total. The van der Waals surface area contributed by atoms with Crippen molar-refractivity contribution < 1.29 is 0 Å². The van der Waals surface area contributed by atoms with E-state index in [0.717, 1.165) is 18.7 Å². The highest BCUT2D eigenvalue weighted by molar-refractivity contribution is 5.39. The molecule has 2 aromatic rings. The molecule has 0 fully saturated rings. The van der Waals surface area contributed by atoms with E-state index in [1.54, 1.807) is 0 Å². The third kappa shape index (κ3) is 3.26. The lowest BCUT2D eigenvalue weighted by molar-refractivity contribution is 0.583. The summed E-state index contributed by atoms with van der Waals surface area (Å²) < 4.78 is 0. The van der Waals surface area contributed by atoms with Crippen molar-refractivity contribution in [2.75, 3.05) is 6.54 Å². The number of nitrogens with zero attached hydrogens (tertiary/aromatic N) is 1. The second-order valence-corrected chi connectivity index (χ2v) is 5.43. The molecular weight excluding hydrogens is 244 g/mol. The van der Waals surface area contributed by atoms with Crippen molar-refractivity contribution in [1.29, 1.82) is 0 Å². The van der Waals surface area contributed by atoms with E-state index in [1.807, 2.05) is 12.3 Å². The lowest BCUT2D eigenvalue weighted by Gasteiger charge is -2.21. The molecule has 0 aliphatic rings. The quantitative estimate of drug-likeness (QED) is 0.883. The fourth-order valence-corrected chi connectivity index (χ4v) is 2.47. The minimum atomic E-state index is 0.176. The Morgan fingerprint density at radius 2 is 1.95 bits per heavy atom. The van der Waals surface area contributed by atoms with Crippen LogP contribution in [0, 0.1) is 20.8 Å². The van der Waals surface area contributed by atoms with Crippen LogP contribution < -0.4 is 5.32 Å². The molecule has 2 rings (SSSR count). The minimum absolute atomic E-state index is 0.176. The van der Waals surface area contributed by atoms with Gasteiger partial charge in [0, 0.05) is 6.20 Å². The van der Waals surface area contributed by atoms with Crippen molar-refractivity contribution in [2.24, 2.45) is 0 Å². The molecule has 0 aliphatic heterocycles. The van der Waals surface area contributed by atoms with Crippen LogP contribution in [-0.4, -0.2) is 11.5 Å². The molecule has 1 N–H and O–H groups in total. The number of hydrogen-bond donors (Lipinski definition) is 1. The van der Waals surface area contributed by atoms with Gasteiger partial charge >= 0.3 is 0 Å². The molecule has 0 amide bonds. The smallest absolute Gasteiger partial charge is 0.0754 e. The molecule has 106 valence electrons. The molecule has 0 radical (unpaired) electrons. The molecule has 1 aromatic carbocycles. The summed E-state index contributed by atoms with van der Waals surface area (Å²) in [5, 5.41) is 3.63. The second-order valence-electron chi connectivity index (χ2n) is 5.43. The lowest BCUT2D eigenvalue weighted by Crippen LogP contribution is -2.25. The van der Waals surface area contributed by atoms with E-state index < -0.39 is 0 Å². The SMILES string of the molecule is CCCNC(c1cc(C)ccn1)c1cccc(C)c1C. The molecule has 0 saturated heterocycles. The molecule has 2 heteroatoms. The first-order valence-electron chi connectivity index (χ1n) is 7.35. The molecule has 1 unspecified atom stereocenters. The van der Waals surface area contributed by atoms with Crippen LogP contribution in [0.4, 0.5) is 0 Å². The minimum Gasteiger partial charge on any atom is -0.305 e. The van der Waals surface area contributed by atoms with Gasteiger partial charge in [0.25, 0.3) is 0 Å². The third-order valence-electron chi connectivity index (χ3n) is 3.79. The van der Waals surface area contributed by atoms with Crippen molar-refractivity contribution >= 4 is 0 Å². The summed E-state index contributed by atoms with van der Waals surface area (Å²) in [7, 11) is 0. The monoisotopic (exact) mass is 268 g/mol. The Hall–Kier alpha value is -1.67. The van der Waals surface area contributed by atoms with Gasteiger partial charge in [0.05, 0.1) is 11.7 Å². The van der Waals surface area contributed by atoms with E-state index in [1.165, 1.54) is 22.3 Å². The van der Waals surface area contributed by atoms with Gasteiger partial charge in [0.2, 0.25) is 0 Å². The van der Waals surface area contributed by atoms with Crippen molar-refractivity contribution in [1.82, 2.24) is 10.3 Å². The van der Waals surface area contributed by atoms with Gasteiger partial charge in [0.1, 0.15) is 0 Å². The lowest BCUT2D eigenvalue weighted by atomic mass is 9.94. The Balaban J connectivity index is 2.44. The zero-order valence-corrected chi connectivity index (χ0v) is 12.9. The standard InChI is InChI=1S/C18H24N2/c1-5-10-20-18(17-12-13(2)9-11-19-17)16-8-6-7-14(3)15(16)4/h6-9,11-12,18,20H,5,10H2,1-4H3. The Kier molecular flexibility index (Phi) is 4.91.